The minimum atomic E-state index is -2.21. The van der Waals surface area contributed by atoms with Crippen LogP contribution in [-0.2, 0) is 13.1 Å². The highest BCUT2D eigenvalue weighted by Crippen LogP contribution is 2.26. The van der Waals surface area contributed by atoms with E-state index in [4.69, 9.17) is 23.8 Å². The zero-order valence-electron chi connectivity index (χ0n) is 18.8. The van der Waals surface area contributed by atoms with Crippen LogP contribution in [0.15, 0.2) is 36.7 Å². The number of benzene rings is 2. The first-order chi connectivity index (χ1) is 17.0. The highest BCUT2D eigenvalue weighted by molar-refractivity contribution is 7.80. The molecule has 0 aliphatic heterocycles. The Bertz CT molecular complexity index is 1440. The summed E-state index contributed by atoms with van der Waals surface area (Å²) in [6.45, 7) is 3.00. The predicted molar refractivity (Wildman–Crippen MR) is 130 cm³/mol. The van der Waals surface area contributed by atoms with Crippen LogP contribution >= 0.6 is 23.8 Å². The minimum Gasteiger partial charge on any atom is -0.330 e. The van der Waals surface area contributed by atoms with E-state index in [1.54, 1.807) is 37.0 Å². The summed E-state index contributed by atoms with van der Waals surface area (Å²) in [6.07, 6.45) is 3.31. The highest BCUT2D eigenvalue weighted by Gasteiger charge is 2.26. The zero-order valence-corrected chi connectivity index (χ0v) is 20.4. The standard InChI is InChI=1S/C23H18ClF5N6S/c1-11-22(12(2)35(33-11)10-16-17(25)19(27)21(29)20(28)18(16)26)32-23(36)31-15-7-30-34(9-15)8-13-4-3-5-14(24)6-13/h3-7,9H,8,10H2,1-2H3,(H2,31,32,36). The molecule has 4 aromatic rings. The molecule has 13 heteroatoms. The number of rotatable bonds is 6. The maximum atomic E-state index is 14.1. The van der Waals surface area contributed by atoms with E-state index >= 15 is 0 Å². The molecular formula is C23H18ClF5N6S. The van der Waals surface area contributed by atoms with Crippen LogP contribution in [0.4, 0.5) is 33.3 Å². The molecule has 0 fully saturated rings. The molecule has 36 heavy (non-hydrogen) atoms. The van der Waals surface area contributed by atoms with E-state index in [-0.39, 0.29) is 5.11 Å². The molecule has 6 nitrogen and oxygen atoms in total. The smallest absolute Gasteiger partial charge is 0.200 e. The van der Waals surface area contributed by atoms with E-state index < -0.39 is 41.2 Å². The summed E-state index contributed by atoms with van der Waals surface area (Å²) in [7, 11) is 0. The lowest BCUT2D eigenvalue weighted by atomic mass is 10.1. The van der Waals surface area contributed by atoms with Crippen LogP contribution in [0.5, 0.6) is 0 Å². The molecule has 0 saturated heterocycles. The molecule has 0 radical (unpaired) electrons. The first-order valence-electron chi connectivity index (χ1n) is 10.4. The molecule has 4 rings (SSSR count). The van der Waals surface area contributed by atoms with Crippen molar-refractivity contribution in [2.24, 2.45) is 0 Å². The van der Waals surface area contributed by atoms with Crippen molar-refractivity contribution in [2.75, 3.05) is 10.6 Å². The molecule has 188 valence electrons. The van der Waals surface area contributed by atoms with Gasteiger partial charge in [-0.3, -0.25) is 9.36 Å². The number of thiocarbonyl (C=S) groups is 1. The van der Waals surface area contributed by atoms with E-state index in [1.165, 1.54) is 0 Å². The van der Waals surface area contributed by atoms with E-state index in [1.807, 2.05) is 18.2 Å². The van der Waals surface area contributed by atoms with Crippen molar-refractivity contribution in [3.63, 3.8) is 0 Å². The first-order valence-corrected chi connectivity index (χ1v) is 11.2. The van der Waals surface area contributed by atoms with Gasteiger partial charge in [-0.2, -0.15) is 10.2 Å². The SMILES string of the molecule is Cc1nn(Cc2c(F)c(F)c(F)c(F)c2F)c(C)c1NC(=S)Nc1cnn(Cc2cccc(Cl)c2)c1. The molecule has 0 atom stereocenters. The van der Waals surface area contributed by atoms with Gasteiger partial charge in [-0.15, -0.1) is 0 Å². The molecule has 0 bridgehead atoms. The van der Waals surface area contributed by atoms with Crippen molar-refractivity contribution >= 4 is 40.3 Å². The summed E-state index contributed by atoms with van der Waals surface area (Å²) in [4.78, 5) is 0. The lowest BCUT2D eigenvalue weighted by Gasteiger charge is -2.11. The molecular weight excluding hydrogens is 523 g/mol. The second kappa shape index (κ2) is 10.2. The largest absolute Gasteiger partial charge is 0.330 e. The average molecular weight is 541 g/mol. The van der Waals surface area contributed by atoms with Crippen LogP contribution in [-0.4, -0.2) is 24.7 Å². The number of halogens is 6. The predicted octanol–water partition coefficient (Wildman–Crippen LogP) is 5.95. The normalized spacial score (nSPS) is 11.1. The topological polar surface area (TPSA) is 59.7 Å². The van der Waals surface area contributed by atoms with Gasteiger partial charge < -0.3 is 10.6 Å². The summed E-state index contributed by atoms with van der Waals surface area (Å²) in [5.41, 5.74) is 1.76. The lowest BCUT2D eigenvalue weighted by molar-refractivity contribution is 0.366. The van der Waals surface area contributed by atoms with Crippen LogP contribution in [0.1, 0.15) is 22.5 Å². The van der Waals surface area contributed by atoms with E-state index in [2.05, 4.69) is 20.8 Å². The van der Waals surface area contributed by atoms with Gasteiger partial charge in [0.2, 0.25) is 5.82 Å². The Morgan fingerprint density at radius 2 is 1.64 bits per heavy atom. The van der Waals surface area contributed by atoms with Crippen molar-refractivity contribution < 1.29 is 22.0 Å². The molecule has 2 aromatic carbocycles. The maximum Gasteiger partial charge on any atom is 0.200 e. The van der Waals surface area contributed by atoms with Gasteiger partial charge >= 0.3 is 0 Å². The molecule has 0 saturated carbocycles. The lowest BCUT2D eigenvalue weighted by Crippen LogP contribution is -2.20. The first kappa shape index (κ1) is 25.6. The van der Waals surface area contributed by atoms with Crippen LogP contribution in [0.2, 0.25) is 5.02 Å². The third-order valence-electron chi connectivity index (χ3n) is 5.35. The Kier molecular flexibility index (Phi) is 7.27. The van der Waals surface area contributed by atoms with Gasteiger partial charge in [-0.1, -0.05) is 23.7 Å². The molecule has 0 amide bonds. The van der Waals surface area contributed by atoms with Crippen molar-refractivity contribution in [3.05, 3.63) is 93.3 Å². The van der Waals surface area contributed by atoms with Crippen LogP contribution < -0.4 is 10.6 Å². The van der Waals surface area contributed by atoms with Gasteiger partial charge in [0.15, 0.2) is 28.4 Å². The average Bonchev–Trinajstić information content (AvgIpc) is 3.37. The second-order valence-electron chi connectivity index (χ2n) is 7.89. The third-order valence-corrected chi connectivity index (χ3v) is 5.79. The zero-order chi connectivity index (χ0) is 26.1. The number of hydrogen-bond acceptors (Lipinski definition) is 3. The Labute approximate surface area is 212 Å². The Morgan fingerprint density at radius 3 is 2.31 bits per heavy atom. The van der Waals surface area contributed by atoms with Crippen LogP contribution in [0.3, 0.4) is 0 Å². The Balaban J connectivity index is 1.47. The van der Waals surface area contributed by atoms with Gasteiger partial charge in [0.05, 0.1) is 47.6 Å². The Hall–Kier alpha value is -3.51. The van der Waals surface area contributed by atoms with Gasteiger partial charge in [-0.05, 0) is 43.8 Å². The van der Waals surface area contributed by atoms with Crippen molar-refractivity contribution in [1.29, 1.82) is 0 Å². The number of aromatic nitrogens is 4. The molecule has 0 unspecified atom stereocenters. The van der Waals surface area contributed by atoms with Gasteiger partial charge in [0.1, 0.15) is 0 Å². The molecule has 0 spiro atoms. The number of anilines is 2. The van der Waals surface area contributed by atoms with Crippen molar-refractivity contribution in [1.82, 2.24) is 19.6 Å². The fourth-order valence-corrected chi connectivity index (χ4v) is 4.02. The van der Waals surface area contributed by atoms with Gasteiger partial charge in [-0.25, -0.2) is 22.0 Å². The summed E-state index contributed by atoms with van der Waals surface area (Å²) in [5.74, 6) is -10.0. The Morgan fingerprint density at radius 1 is 0.972 bits per heavy atom. The molecule has 0 aliphatic carbocycles. The summed E-state index contributed by atoms with van der Waals surface area (Å²) in [5, 5.41) is 15.1. The van der Waals surface area contributed by atoms with Crippen LogP contribution in [0, 0.1) is 42.9 Å². The summed E-state index contributed by atoms with van der Waals surface area (Å²) < 4.78 is 71.5. The fraction of sp³-hybridized carbons (Fsp3) is 0.174. The molecule has 0 aliphatic rings. The third kappa shape index (κ3) is 5.19. The van der Waals surface area contributed by atoms with Gasteiger partial charge in [0, 0.05) is 11.2 Å². The summed E-state index contributed by atoms with van der Waals surface area (Å²) in [6, 6.07) is 7.37. The number of nitrogens with zero attached hydrogens (tertiary/aromatic N) is 4. The van der Waals surface area contributed by atoms with Crippen LogP contribution in [0.25, 0.3) is 0 Å². The van der Waals surface area contributed by atoms with Gasteiger partial charge in [0.25, 0.3) is 0 Å². The quantitative estimate of drug-likeness (QED) is 0.137. The van der Waals surface area contributed by atoms with E-state index in [0.29, 0.717) is 34.3 Å². The van der Waals surface area contributed by atoms with E-state index in [9.17, 15) is 22.0 Å². The number of nitrogens with one attached hydrogen (secondary N) is 2. The molecule has 2 aromatic heterocycles. The second-order valence-corrected chi connectivity index (χ2v) is 8.73. The monoisotopic (exact) mass is 540 g/mol. The highest BCUT2D eigenvalue weighted by atomic mass is 35.5. The maximum absolute atomic E-state index is 14.1. The molecule has 2 heterocycles. The van der Waals surface area contributed by atoms with Crippen molar-refractivity contribution in [2.45, 2.75) is 26.9 Å². The molecule has 2 N–H and O–H groups in total. The fourth-order valence-electron chi connectivity index (χ4n) is 3.58. The number of aryl methyl sites for hydroxylation is 1. The minimum absolute atomic E-state index is 0.180. The van der Waals surface area contributed by atoms with E-state index in [0.717, 1.165) is 10.2 Å². The summed E-state index contributed by atoms with van der Waals surface area (Å²) >= 11 is 11.4. The number of hydrogen-bond donors (Lipinski definition) is 2. The van der Waals surface area contributed by atoms with Crippen molar-refractivity contribution in [3.8, 4) is 0 Å².